The molecule has 9 nitrogen and oxygen atoms in total. The van der Waals surface area contributed by atoms with Gasteiger partial charge in [-0.3, -0.25) is 14.9 Å². The van der Waals surface area contributed by atoms with Crippen molar-refractivity contribution in [2.45, 2.75) is 26.1 Å². The van der Waals surface area contributed by atoms with Crippen LogP contribution in [-0.2, 0) is 19.6 Å². The molecule has 1 fully saturated rings. The van der Waals surface area contributed by atoms with Crippen LogP contribution < -0.4 is 5.32 Å². The molecule has 1 N–H and O–H groups in total. The molecule has 1 saturated heterocycles. The molecule has 27 heavy (non-hydrogen) atoms. The Morgan fingerprint density at radius 1 is 1.37 bits per heavy atom. The number of nitrogens with zero attached hydrogens (tertiary/aromatic N) is 2. The highest BCUT2D eigenvalue weighted by Gasteiger charge is 2.30. The molecule has 0 bridgehead atoms. The number of hydrogen-bond donors (Lipinski definition) is 1. The summed E-state index contributed by atoms with van der Waals surface area (Å²) in [6, 6.07) is 5.85. The van der Waals surface area contributed by atoms with Crippen molar-refractivity contribution in [3.05, 3.63) is 46.0 Å². The fourth-order valence-electron chi connectivity index (χ4n) is 2.76. The van der Waals surface area contributed by atoms with Gasteiger partial charge in [0.25, 0.3) is 5.69 Å². The van der Waals surface area contributed by atoms with Gasteiger partial charge in [0.15, 0.2) is 0 Å². The Balaban J connectivity index is 1.85. The number of rotatable bonds is 7. The SMILES string of the molecule is CC1CN(S(=O)(=O)CCNC(=O)/C=C/c2cccc([N+](=O)[O-])c2)CC(C)O1. The fourth-order valence-corrected chi connectivity index (χ4v) is 4.26. The summed E-state index contributed by atoms with van der Waals surface area (Å²) in [6.45, 7) is 4.21. The summed E-state index contributed by atoms with van der Waals surface area (Å²) >= 11 is 0. The number of hydrogen-bond acceptors (Lipinski definition) is 6. The van der Waals surface area contributed by atoms with Crippen LogP contribution in [0.2, 0.25) is 0 Å². The maximum atomic E-state index is 12.4. The number of carbonyl (C=O) groups is 1. The lowest BCUT2D eigenvalue weighted by atomic mass is 10.2. The van der Waals surface area contributed by atoms with Crippen molar-refractivity contribution < 1.29 is 22.9 Å². The molecule has 10 heteroatoms. The summed E-state index contributed by atoms with van der Waals surface area (Å²) < 4.78 is 31.7. The molecule has 0 radical (unpaired) electrons. The molecular weight excluding hydrogens is 374 g/mol. The van der Waals surface area contributed by atoms with Crippen LogP contribution in [0, 0.1) is 10.1 Å². The predicted molar refractivity (Wildman–Crippen MR) is 101 cm³/mol. The van der Waals surface area contributed by atoms with Gasteiger partial charge in [-0.15, -0.1) is 0 Å². The van der Waals surface area contributed by atoms with E-state index in [4.69, 9.17) is 4.74 Å². The van der Waals surface area contributed by atoms with E-state index in [9.17, 15) is 23.3 Å². The number of ether oxygens (including phenoxy) is 1. The van der Waals surface area contributed by atoms with E-state index in [0.29, 0.717) is 18.7 Å². The molecule has 0 saturated carbocycles. The Kier molecular flexibility index (Phi) is 7.05. The summed E-state index contributed by atoms with van der Waals surface area (Å²) in [5.74, 6) is -0.677. The first-order chi connectivity index (χ1) is 12.7. The number of nitro benzene ring substituents is 1. The highest BCUT2D eigenvalue weighted by molar-refractivity contribution is 7.89. The van der Waals surface area contributed by atoms with Crippen LogP contribution in [0.4, 0.5) is 5.69 Å². The first kappa shape index (κ1) is 21.0. The van der Waals surface area contributed by atoms with Gasteiger partial charge in [-0.25, -0.2) is 8.42 Å². The van der Waals surface area contributed by atoms with E-state index in [1.54, 1.807) is 6.07 Å². The molecular formula is C17H23N3O6S. The Bertz CT molecular complexity index is 814. The zero-order valence-electron chi connectivity index (χ0n) is 15.2. The Morgan fingerprint density at radius 2 is 2.04 bits per heavy atom. The molecule has 2 atom stereocenters. The van der Waals surface area contributed by atoms with E-state index < -0.39 is 20.9 Å². The predicted octanol–water partition coefficient (Wildman–Crippen LogP) is 1.16. The van der Waals surface area contributed by atoms with Crippen molar-refractivity contribution in [1.29, 1.82) is 0 Å². The Morgan fingerprint density at radius 3 is 2.67 bits per heavy atom. The fraction of sp³-hybridized carbons (Fsp3) is 0.471. The van der Waals surface area contributed by atoms with Gasteiger partial charge >= 0.3 is 0 Å². The van der Waals surface area contributed by atoms with Gasteiger partial charge in [0.1, 0.15) is 0 Å². The number of nitro groups is 1. The van der Waals surface area contributed by atoms with Crippen LogP contribution in [-0.4, -0.2) is 61.1 Å². The number of sulfonamides is 1. The highest BCUT2D eigenvalue weighted by atomic mass is 32.2. The van der Waals surface area contributed by atoms with Crippen LogP contribution in [0.15, 0.2) is 30.3 Å². The van der Waals surface area contributed by atoms with Gasteiger partial charge in [-0.05, 0) is 25.5 Å². The van der Waals surface area contributed by atoms with Gasteiger partial charge in [-0.2, -0.15) is 4.31 Å². The number of morpholine rings is 1. The maximum absolute atomic E-state index is 12.4. The smallest absolute Gasteiger partial charge is 0.270 e. The molecule has 1 aliphatic heterocycles. The average molecular weight is 397 g/mol. The average Bonchev–Trinajstić information content (AvgIpc) is 2.59. The van der Waals surface area contributed by atoms with Crippen molar-refractivity contribution in [2.24, 2.45) is 0 Å². The van der Waals surface area contributed by atoms with Crippen LogP contribution >= 0.6 is 0 Å². The molecule has 1 heterocycles. The minimum atomic E-state index is -3.49. The van der Waals surface area contributed by atoms with Crippen molar-refractivity contribution in [2.75, 3.05) is 25.4 Å². The lowest BCUT2D eigenvalue weighted by Crippen LogP contribution is -2.49. The molecule has 1 aromatic rings. The number of non-ortho nitro benzene ring substituents is 1. The Labute approximate surface area is 158 Å². The number of nitrogens with one attached hydrogen (secondary N) is 1. The van der Waals surface area contributed by atoms with Gasteiger partial charge in [0.05, 0.1) is 22.9 Å². The van der Waals surface area contributed by atoms with Gasteiger partial charge in [0.2, 0.25) is 15.9 Å². The summed E-state index contributed by atoms with van der Waals surface area (Å²) in [5, 5.41) is 13.2. The van der Waals surface area contributed by atoms with E-state index in [0.717, 1.165) is 0 Å². The third-order valence-corrected chi connectivity index (χ3v) is 5.75. The maximum Gasteiger partial charge on any atom is 0.270 e. The topological polar surface area (TPSA) is 119 Å². The molecule has 1 aromatic carbocycles. The normalized spacial score (nSPS) is 21.3. The third-order valence-electron chi connectivity index (χ3n) is 3.95. The zero-order valence-corrected chi connectivity index (χ0v) is 16.0. The van der Waals surface area contributed by atoms with E-state index in [-0.39, 0.29) is 30.2 Å². The van der Waals surface area contributed by atoms with Crippen LogP contribution in [0.3, 0.4) is 0 Å². The van der Waals surface area contributed by atoms with Crippen LogP contribution in [0.5, 0.6) is 0 Å². The first-order valence-electron chi connectivity index (χ1n) is 8.51. The van der Waals surface area contributed by atoms with Crippen LogP contribution in [0.1, 0.15) is 19.4 Å². The standard InChI is InChI=1S/C17H23N3O6S/c1-13-11-19(12-14(2)26-13)27(24,25)9-8-18-17(21)7-6-15-4-3-5-16(10-15)20(22)23/h3-7,10,13-14H,8-9,11-12H2,1-2H3,(H,18,21)/b7-6+. The van der Waals surface area contributed by atoms with Crippen molar-refractivity contribution in [1.82, 2.24) is 9.62 Å². The quantitative estimate of drug-likeness (QED) is 0.419. The molecule has 148 valence electrons. The van der Waals surface area contributed by atoms with E-state index >= 15 is 0 Å². The minimum Gasteiger partial charge on any atom is -0.373 e. The second-order valence-electron chi connectivity index (χ2n) is 6.37. The minimum absolute atomic E-state index is 0.0272. The number of benzene rings is 1. The second kappa shape index (κ2) is 9.07. The summed E-state index contributed by atoms with van der Waals surface area (Å²) in [7, 11) is -3.49. The molecule has 2 unspecified atom stereocenters. The largest absolute Gasteiger partial charge is 0.373 e. The monoisotopic (exact) mass is 397 g/mol. The zero-order chi connectivity index (χ0) is 20.0. The lowest BCUT2D eigenvalue weighted by Gasteiger charge is -2.34. The van der Waals surface area contributed by atoms with Crippen molar-refractivity contribution in [3.63, 3.8) is 0 Å². The van der Waals surface area contributed by atoms with Gasteiger partial charge in [0, 0.05) is 37.8 Å². The summed E-state index contributed by atoms with van der Waals surface area (Å²) in [5.41, 5.74) is 0.431. The summed E-state index contributed by atoms with van der Waals surface area (Å²) in [4.78, 5) is 22.1. The van der Waals surface area contributed by atoms with E-state index in [2.05, 4.69) is 5.32 Å². The van der Waals surface area contributed by atoms with Crippen molar-refractivity contribution in [3.8, 4) is 0 Å². The molecule has 0 aromatic heterocycles. The molecule has 2 rings (SSSR count). The third kappa shape index (κ3) is 6.42. The Hall–Kier alpha value is -2.30. The second-order valence-corrected chi connectivity index (χ2v) is 8.46. The molecule has 0 spiro atoms. The van der Waals surface area contributed by atoms with E-state index in [1.165, 1.54) is 34.7 Å². The first-order valence-corrected chi connectivity index (χ1v) is 10.1. The van der Waals surface area contributed by atoms with E-state index in [1.807, 2.05) is 13.8 Å². The highest BCUT2D eigenvalue weighted by Crippen LogP contribution is 2.15. The van der Waals surface area contributed by atoms with Gasteiger partial charge < -0.3 is 10.1 Å². The summed E-state index contributed by atoms with van der Waals surface area (Å²) in [6.07, 6.45) is 2.30. The molecule has 1 amide bonds. The number of carbonyl (C=O) groups excluding carboxylic acids is 1. The van der Waals surface area contributed by atoms with Crippen LogP contribution in [0.25, 0.3) is 6.08 Å². The van der Waals surface area contributed by atoms with Crippen molar-refractivity contribution >= 4 is 27.7 Å². The molecule has 0 aliphatic carbocycles. The lowest BCUT2D eigenvalue weighted by molar-refractivity contribution is -0.384. The molecule has 1 aliphatic rings. The van der Waals surface area contributed by atoms with Gasteiger partial charge in [-0.1, -0.05) is 12.1 Å². The number of amides is 1.